The van der Waals surface area contributed by atoms with Gasteiger partial charge in [0.05, 0.1) is 17.8 Å². The van der Waals surface area contributed by atoms with Crippen molar-refractivity contribution >= 4 is 45.2 Å². The monoisotopic (exact) mass is 379 g/mol. The number of para-hydroxylation sites is 1. The van der Waals surface area contributed by atoms with Gasteiger partial charge in [-0.25, -0.2) is 0 Å². The predicted octanol–water partition coefficient (Wildman–Crippen LogP) is 3.48. The fourth-order valence-corrected chi connectivity index (χ4v) is 2.30. The number of phenols is 1. The van der Waals surface area contributed by atoms with Crippen molar-refractivity contribution in [1.82, 2.24) is 5.43 Å². The first-order valence-corrected chi connectivity index (χ1v) is 7.52. The number of hydrogen-bond donors (Lipinski definition) is 3. The molecule has 0 radical (unpaired) electrons. The van der Waals surface area contributed by atoms with Gasteiger partial charge >= 0.3 is 0 Å². The van der Waals surface area contributed by atoms with E-state index in [1.165, 1.54) is 7.11 Å². The van der Waals surface area contributed by atoms with Crippen molar-refractivity contribution in [2.45, 2.75) is 0 Å². The summed E-state index contributed by atoms with van der Waals surface area (Å²) in [4.78, 5) is 0. The number of nitrogens with one attached hydrogen (secondary N) is 2. The van der Waals surface area contributed by atoms with Crippen LogP contribution in [0.25, 0.3) is 0 Å². The highest BCUT2D eigenvalue weighted by molar-refractivity contribution is 9.10. The molecule has 0 bridgehead atoms. The minimum Gasteiger partial charge on any atom is -0.503 e. The van der Waals surface area contributed by atoms with Gasteiger partial charge in [-0.05, 0) is 58.0 Å². The summed E-state index contributed by atoms with van der Waals surface area (Å²) in [5.41, 5.74) is 4.35. The number of hydrazone groups is 1. The molecule has 0 aliphatic heterocycles. The standard InChI is InChI=1S/C15H14BrN3O2S/c1-21-13-8-10(7-12(16)14(13)20)9-17-19-15(22)18-11-5-3-2-4-6-11/h2-9,20H,1H3,(H2,18,19,22). The summed E-state index contributed by atoms with van der Waals surface area (Å²) in [5, 5.41) is 17.2. The van der Waals surface area contributed by atoms with Crippen LogP contribution in [-0.4, -0.2) is 23.5 Å². The van der Waals surface area contributed by atoms with E-state index in [0.717, 1.165) is 11.3 Å². The summed E-state index contributed by atoms with van der Waals surface area (Å²) in [6.45, 7) is 0. The Bertz CT molecular complexity index is 693. The van der Waals surface area contributed by atoms with Gasteiger partial charge in [-0.15, -0.1) is 0 Å². The lowest BCUT2D eigenvalue weighted by molar-refractivity contribution is 0.372. The minimum absolute atomic E-state index is 0.0499. The van der Waals surface area contributed by atoms with E-state index in [1.807, 2.05) is 30.3 Å². The number of phenolic OH excluding ortho intramolecular Hbond substituents is 1. The number of halogens is 1. The van der Waals surface area contributed by atoms with Gasteiger partial charge in [0.25, 0.3) is 0 Å². The van der Waals surface area contributed by atoms with Crippen LogP contribution in [0.2, 0.25) is 0 Å². The molecule has 0 spiro atoms. The molecule has 0 unspecified atom stereocenters. The molecule has 2 aromatic carbocycles. The van der Waals surface area contributed by atoms with Crippen LogP contribution in [0.15, 0.2) is 52.0 Å². The van der Waals surface area contributed by atoms with Crippen molar-refractivity contribution in [1.29, 1.82) is 0 Å². The van der Waals surface area contributed by atoms with Gasteiger partial charge in [0.15, 0.2) is 16.6 Å². The smallest absolute Gasteiger partial charge is 0.191 e. The van der Waals surface area contributed by atoms with Crippen molar-refractivity contribution in [3.8, 4) is 11.5 Å². The number of hydrogen-bond acceptors (Lipinski definition) is 4. The van der Waals surface area contributed by atoms with Crippen LogP contribution < -0.4 is 15.5 Å². The topological polar surface area (TPSA) is 65.9 Å². The van der Waals surface area contributed by atoms with E-state index in [2.05, 4.69) is 31.8 Å². The summed E-state index contributed by atoms with van der Waals surface area (Å²) in [6, 6.07) is 12.9. The SMILES string of the molecule is COc1cc(C=NNC(=S)Nc2ccccc2)cc(Br)c1O. The number of ether oxygens (including phenoxy) is 1. The largest absolute Gasteiger partial charge is 0.503 e. The van der Waals surface area contributed by atoms with E-state index < -0.39 is 0 Å². The lowest BCUT2D eigenvalue weighted by Gasteiger charge is -2.07. The Hall–Kier alpha value is -2.12. The third-order valence-electron chi connectivity index (χ3n) is 2.68. The molecule has 5 nitrogen and oxygen atoms in total. The number of nitrogens with zero attached hydrogens (tertiary/aromatic N) is 1. The summed E-state index contributed by atoms with van der Waals surface area (Å²) < 4.78 is 5.60. The number of thiocarbonyl (C=S) groups is 1. The lowest BCUT2D eigenvalue weighted by atomic mass is 10.2. The zero-order valence-electron chi connectivity index (χ0n) is 11.7. The van der Waals surface area contributed by atoms with Crippen molar-refractivity contribution < 1.29 is 9.84 Å². The van der Waals surface area contributed by atoms with E-state index in [0.29, 0.717) is 15.3 Å². The Morgan fingerprint density at radius 1 is 1.32 bits per heavy atom. The molecule has 0 saturated carbocycles. The molecule has 3 N–H and O–H groups in total. The first kappa shape index (κ1) is 16.3. The number of benzene rings is 2. The van der Waals surface area contributed by atoms with E-state index in [9.17, 15) is 5.11 Å². The van der Waals surface area contributed by atoms with Gasteiger partial charge in [-0.3, -0.25) is 5.43 Å². The Balaban J connectivity index is 1.98. The predicted molar refractivity (Wildman–Crippen MR) is 95.8 cm³/mol. The van der Waals surface area contributed by atoms with Gasteiger partial charge in [0.1, 0.15) is 0 Å². The van der Waals surface area contributed by atoms with Gasteiger partial charge < -0.3 is 15.2 Å². The average molecular weight is 380 g/mol. The normalized spacial score (nSPS) is 10.5. The maximum absolute atomic E-state index is 9.74. The molecular weight excluding hydrogens is 366 g/mol. The van der Waals surface area contributed by atoms with E-state index in [4.69, 9.17) is 17.0 Å². The minimum atomic E-state index is 0.0499. The Morgan fingerprint density at radius 3 is 2.73 bits per heavy atom. The fourth-order valence-electron chi connectivity index (χ4n) is 1.67. The zero-order chi connectivity index (χ0) is 15.9. The van der Waals surface area contributed by atoms with Crippen LogP contribution in [-0.2, 0) is 0 Å². The van der Waals surface area contributed by atoms with Crippen LogP contribution in [0.5, 0.6) is 11.5 Å². The van der Waals surface area contributed by atoms with E-state index >= 15 is 0 Å². The van der Waals surface area contributed by atoms with Crippen molar-refractivity contribution in [2.75, 3.05) is 12.4 Å². The van der Waals surface area contributed by atoms with Crippen LogP contribution in [0.1, 0.15) is 5.56 Å². The van der Waals surface area contributed by atoms with E-state index in [-0.39, 0.29) is 5.75 Å². The average Bonchev–Trinajstić information content (AvgIpc) is 2.51. The maximum Gasteiger partial charge on any atom is 0.191 e. The van der Waals surface area contributed by atoms with Crippen LogP contribution in [0.4, 0.5) is 5.69 Å². The molecule has 0 aliphatic carbocycles. The number of methoxy groups -OCH3 is 1. The lowest BCUT2D eigenvalue weighted by Crippen LogP contribution is -2.23. The summed E-state index contributed by atoms with van der Waals surface area (Å²) in [5.74, 6) is 0.412. The highest BCUT2D eigenvalue weighted by atomic mass is 79.9. The third-order valence-corrected chi connectivity index (χ3v) is 3.48. The highest BCUT2D eigenvalue weighted by Gasteiger charge is 2.07. The number of rotatable bonds is 4. The molecule has 114 valence electrons. The molecule has 7 heteroatoms. The quantitative estimate of drug-likeness (QED) is 0.431. The maximum atomic E-state index is 9.74. The fraction of sp³-hybridized carbons (Fsp3) is 0.0667. The van der Waals surface area contributed by atoms with Gasteiger partial charge in [-0.2, -0.15) is 5.10 Å². The second-order valence-electron chi connectivity index (χ2n) is 4.24. The van der Waals surface area contributed by atoms with Crippen molar-refractivity contribution in [3.05, 3.63) is 52.5 Å². The molecule has 0 fully saturated rings. The summed E-state index contributed by atoms with van der Waals surface area (Å²) in [6.07, 6.45) is 1.58. The first-order valence-electron chi connectivity index (χ1n) is 6.31. The van der Waals surface area contributed by atoms with Crippen LogP contribution in [0, 0.1) is 0 Å². The molecule has 0 aromatic heterocycles. The summed E-state index contributed by atoms with van der Waals surface area (Å²) >= 11 is 8.39. The van der Waals surface area contributed by atoms with Crippen molar-refractivity contribution in [3.63, 3.8) is 0 Å². The molecule has 22 heavy (non-hydrogen) atoms. The van der Waals surface area contributed by atoms with Crippen LogP contribution in [0.3, 0.4) is 0 Å². The van der Waals surface area contributed by atoms with Crippen molar-refractivity contribution in [2.24, 2.45) is 5.10 Å². The van der Waals surface area contributed by atoms with Crippen LogP contribution >= 0.6 is 28.1 Å². The van der Waals surface area contributed by atoms with Gasteiger partial charge in [0.2, 0.25) is 0 Å². The summed E-state index contributed by atoms with van der Waals surface area (Å²) in [7, 11) is 1.49. The molecule has 0 atom stereocenters. The molecule has 2 rings (SSSR count). The van der Waals surface area contributed by atoms with Gasteiger partial charge in [-0.1, -0.05) is 18.2 Å². The van der Waals surface area contributed by atoms with Gasteiger partial charge in [0, 0.05) is 5.69 Å². The second kappa shape index (κ2) is 7.77. The Morgan fingerprint density at radius 2 is 2.05 bits per heavy atom. The Labute approximate surface area is 142 Å². The van der Waals surface area contributed by atoms with E-state index in [1.54, 1.807) is 18.3 Å². The first-order chi connectivity index (χ1) is 10.6. The molecule has 0 heterocycles. The molecule has 0 aliphatic rings. The molecular formula is C15H14BrN3O2S. The molecule has 0 amide bonds. The molecule has 0 saturated heterocycles. The highest BCUT2D eigenvalue weighted by Crippen LogP contribution is 2.34. The third kappa shape index (κ3) is 4.44. The number of aromatic hydroxyl groups is 1. The molecule has 2 aromatic rings. The zero-order valence-corrected chi connectivity index (χ0v) is 14.1. The Kier molecular flexibility index (Phi) is 5.74. The second-order valence-corrected chi connectivity index (χ2v) is 5.51. The number of anilines is 1.